The molecule has 4 heteroatoms. The average Bonchev–Trinajstić information content (AvgIpc) is 2.42. The lowest BCUT2D eigenvalue weighted by atomic mass is 9.67. The second-order valence-corrected chi connectivity index (χ2v) is 6.02. The van der Waals surface area contributed by atoms with E-state index in [1.807, 2.05) is 6.92 Å². The van der Waals surface area contributed by atoms with Crippen molar-refractivity contribution in [3.05, 3.63) is 35.9 Å². The monoisotopic (exact) mass is 282 g/mol. The SMILES string of the molecule is CC1CCC(CC(F)(F)c2ccccc2)(C(=O)O)CC1. The van der Waals surface area contributed by atoms with E-state index in [1.54, 1.807) is 18.2 Å². The van der Waals surface area contributed by atoms with Crippen LogP contribution in [0.4, 0.5) is 8.78 Å². The summed E-state index contributed by atoms with van der Waals surface area (Å²) in [5.74, 6) is -3.76. The molecule has 0 unspecified atom stereocenters. The van der Waals surface area contributed by atoms with Crippen LogP contribution in [0.15, 0.2) is 30.3 Å². The molecule has 0 spiro atoms. The van der Waals surface area contributed by atoms with Crippen molar-refractivity contribution in [1.82, 2.24) is 0 Å². The first kappa shape index (κ1) is 14.9. The number of aliphatic carboxylic acids is 1. The van der Waals surface area contributed by atoms with E-state index >= 15 is 0 Å². The van der Waals surface area contributed by atoms with Gasteiger partial charge < -0.3 is 5.11 Å². The minimum Gasteiger partial charge on any atom is -0.481 e. The summed E-state index contributed by atoms with van der Waals surface area (Å²) in [5, 5.41) is 9.45. The first-order valence-corrected chi connectivity index (χ1v) is 7.02. The van der Waals surface area contributed by atoms with Crippen LogP contribution in [-0.4, -0.2) is 11.1 Å². The minimum absolute atomic E-state index is 0.0979. The van der Waals surface area contributed by atoms with Crippen LogP contribution >= 0.6 is 0 Å². The van der Waals surface area contributed by atoms with Gasteiger partial charge in [-0.05, 0) is 31.6 Å². The van der Waals surface area contributed by atoms with E-state index in [0.29, 0.717) is 31.6 Å². The highest BCUT2D eigenvalue weighted by Crippen LogP contribution is 2.48. The maximum Gasteiger partial charge on any atom is 0.309 e. The summed E-state index contributed by atoms with van der Waals surface area (Å²) in [4.78, 5) is 11.6. The van der Waals surface area contributed by atoms with E-state index in [4.69, 9.17) is 0 Å². The number of rotatable bonds is 4. The third kappa shape index (κ3) is 3.00. The van der Waals surface area contributed by atoms with Crippen LogP contribution < -0.4 is 0 Å². The molecular formula is C16H20F2O2. The van der Waals surface area contributed by atoms with Crippen LogP contribution in [0.1, 0.15) is 44.6 Å². The van der Waals surface area contributed by atoms with Gasteiger partial charge in [-0.25, -0.2) is 8.78 Å². The molecule has 1 aliphatic carbocycles. The van der Waals surface area contributed by atoms with Gasteiger partial charge in [-0.2, -0.15) is 0 Å². The third-order valence-corrected chi connectivity index (χ3v) is 4.44. The van der Waals surface area contributed by atoms with E-state index in [2.05, 4.69) is 0 Å². The van der Waals surface area contributed by atoms with Crippen molar-refractivity contribution in [2.24, 2.45) is 11.3 Å². The Balaban J connectivity index is 2.22. The standard InChI is InChI=1S/C16H20F2O2/c1-12-7-9-15(10-8-12,14(19)20)11-16(17,18)13-5-3-2-4-6-13/h2-6,12H,7-11H2,1H3,(H,19,20). The summed E-state index contributed by atoms with van der Waals surface area (Å²) >= 11 is 0. The Morgan fingerprint density at radius 1 is 1.30 bits per heavy atom. The molecule has 0 amide bonds. The van der Waals surface area contributed by atoms with Crippen molar-refractivity contribution in [3.8, 4) is 0 Å². The quantitative estimate of drug-likeness (QED) is 0.885. The van der Waals surface area contributed by atoms with Gasteiger partial charge in [0.05, 0.1) is 5.41 Å². The maximum absolute atomic E-state index is 14.4. The molecule has 2 nitrogen and oxygen atoms in total. The molecule has 1 aliphatic rings. The molecular weight excluding hydrogens is 262 g/mol. The van der Waals surface area contributed by atoms with Gasteiger partial charge in [0.2, 0.25) is 0 Å². The van der Waals surface area contributed by atoms with Crippen LogP contribution in [0.2, 0.25) is 0 Å². The fourth-order valence-electron chi connectivity index (χ4n) is 2.99. The number of hydrogen-bond acceptors (Lipinski definition) is 1. The minimum atomic E-state index is -3.10. The van der Waals surface area contributed by atoms with Crippen molar-refractivity contribution < 1.29 is 18.7 Å². The lowest BCUT2D eigenvalue weighted by molar-refractivity contribution is -0.160. The van der Waals surface area contributed by atoms with E-state index in [-0.39, 0.29) is 5.56 Å². The van der Waals surface area contributed by atoms with Gasteiger partial charge in [0.25, 0.3) is 5.92 Å². The highest BCUT2D eigenvalue weighted by atomic mass is 19.3. The lowest BCUT2D eigenvalue weighted by Gasteiger charge is -2.38. The predicted molar refractivity (Wildman–Crippen MR) is 72.7 cm³/mol. The second kappa shape index (κ2) is 5.51. The number of carboxylic acid groups (broad SMARTS) is 1. The zero-order valence-electron chi connectivity index (χ0n) is 11.6. The molecule has 0 saturated heterocycles. The summed E-state index contributed by atoms with van der Waals surface area (Å²) in [6, 6.07) is 7.51. The molecule has 0 aromatic heterocycles. The van der Waals surface area contributed by atoms with Crippen LogP contribution in [0.25, 0.3) is 0 Å². The smallest absolute Gasteiger partial charge is 0.309 e. The van der Waals surface area contributed by atoms with Gasteiger partial charge in [0, 0.05) is 12.0 Å². The van der Waals surface area contributed by atoms with Crippen molar-refractivity contribution in [1.29, 1.82) is 0 Å². The largest absolute Gasteiger partial charge is 0.481 e. The predicted octanol–water partition coefficient (Wildman–Crippen LogP) is 4.45. The topological polar surface area (TPSA) is 37.3 Å². The van der Waals surface area contributed by atoms with Gasteiger partial charge in [-0.15, -0.1) is 0 Å². The van der Waals surface area contributed by atoms with Gasteiger partial charge in [-0.1, -0.05) is 37.3 Å². The number of carbonyl (C=O) groups is 1. The highest BCUT2D eigenvalue weighted by Gasteiger charge is 2.49. The first-order valence-electron chi connectivity index (χ1n) is 7.02. The number of alkyl halides is 2. The molecule has 1 fully saturated rings. The lowest BCUT2D eigenvalue weighted by Crippen LogP contribution is -2.39. The molecule has 0 aliphatic heterocycles. The van der Waals surface area contributed by atoms with Crippen molar-refractivity contribution in [2.45, 2.75) is 45.0 Å². The van der Waals surface area contributed by atoms with E-state index in [9.17, 15) is 18.7 Å². The molecule has 1 aromatic carbocycles. The zero-order chi connectivity index (χ0) is 14.8. The highest BCUT2D eigenvalue weighted by molar-refractivity contribution is 5.75. The van der Waals surface area contributed by atoms with Crippen LogP contribution in [0.3, 0.4) is 0 Å². The summed E-state index contributed by atoms with van der Waals surface area (Å²) in [6.45, 7) is 2.04. The molecule has 1 saturated carbocycles. The number of hydrogen-bond donors (Lipinski definition) is 1. The Hall–Kier alpha value is -1.45. The van der Waals surface area contributed by atoms with E-state index in [0.717, 1.165) is 0 Å². The Morgan fingerprint density at radius 2 is 1.85 bits per heavy atom. The zero-order valence-corrected chi connectivity index (χ0v) is 11.6. The Morgan fingerprint density at radius 3 is 2.35 bits per heavy atom. The van der Waals surface area contributed by atoms with Crippen molar-refractivity contribution >= 4 is 5.97 Å². The van der Waals surface area contributed by atoms with Gasteiger partial charge in [0.15, 0.2) is 0 Å². The van der Waals surface area contributed by atoms with E-state index < -0.39 is 23.7 Å². The molecule has 1 N–H and O–H groups in total. The third-order valence-electron chi connectivity index (χ3n) is 4.44. The molecule has 110 valence electrons. The summed E-state index contributed by atoms with van der Waals surface area (Å²) in [6.07, 6.45) is 1.48. The molecule has 1 aromatic rings. The average molecular weight is 282 g/mol. The fraction of sp³-hybridized carbons (Fsp3) is 0.562. The van der Waals surface area contributed by atoms with Crippen LogP contribution in [-0.2, 0) is 10.7 Å². The van der Waals surface area contributed by atoms with Crippen LogP contribution in [0.5, 0.6) is 0 Å². The molecule has 2 rings (SSSR count). The molecule has 0 radical (unpaired) electrons. The molecule has 0 bridgehead atoms. The summed E-state index contributed by atoms with van der Waals surface area (Å²) in [5.41, 5.74) is -1.38. The van der Waals surface area contributed by atoms with Gasteiger partial charge in [-0.3, -0.25) is 4.79 Å². The number of benzene rings is 1. The Labute approximate surface area is 117 Å². The number of halogens is 2. The molecule has 0 atom stereocenters. The van der Waals surface area contributed by atoms with E-state index in [1.165, 1.54) is 12.1 Å². The van der Waals surface area contributed by atoms with Crippen molar-refractivity contribution in [3.63, 3.8) is 0 Å². The fourth-order valence-corrected chi connectivity index (χ4v) is 2.99. The normalized spacial score (nSPS) is 27.2. The van der Waals surface area contributed by atoms with Crippen molar-refractivity contribution in [2.75, 3.05) is 0 Å². The Bertz CT molecular complexity index is 463. The second-order valence-electron chi connectivity index (χ2n) is 6.02. The first-order chi connectivity index (χ1) is 9.36. The molecule has 20 heavy (non-hydrogen) atoms. The van der Waals surface area contributed by atoms with Crippen LogP contribution in [0, 0.1) is 11.3 Å². The van der Waals surface area contributed by atoms with Gasteiger partial charge >= 0.3 is 5.97 Å². The maximum atomic E-state index is 14.4. The summed E-state index contributed by atoms with van der Waals surface area (Å²) < 4.78 is 28.8. The molecule has 0 heterocycles. The summed E-state index contributed by atoms with van der Waals surface area (Å²) in [7, 11) is 0. The van der Waals surface area contributed by atoms with Gasteiger partial charge in [0.1, 0.15) is 0 Å². The Kier molecular flexibility index (Phi) is 4.11. The number of carboxylic acids is 1.